The van der Waals surface area contributed by atoms with Gasteiger partial charge >= 0.3 is 0 Å². The average Bonchev–Trinajstić information content (AvgIpc) is 3.70. The summed E-state index contributed by atoms with van der Waals surface area (Å²) in [6, 6.07) is 13.4. The summed E-state index contributed by atoms with van der Waals surface area (Å²) in [4.78, 5) is 55.3. The van der Waals surface area contributed by atoms with Crippen LogP contribution in [0.4, 0.5) is 0 Å². The Labute approximate surface area is 307 Å². The summed E-state index contributed by atoms with van der Waals surface area (Å²) >= 11 is 0. The molecule has 2 fully saturated rings. The van der Waals surface area contributed by atoms with Crippen LogP contribution in [0.25, 0.3) is 0 Å². The number of aryl methyl sites for hydroxylation is 1. The third-order valence-electron chi connectivity index (χ3n) is 10.9. The van der Waals surface area contributed by atoms with E-state index in [1.807, 2.05) is 53.4 Å². The highest BCUT2D eigenvalue weighted by Crippen LogP contribution is 2.29. The number of nitrogens with two attached hydrogens (primary N) is 1. The third-order valence-corrected chi connectivity index (χ3v) is 10.9. The molecular formula is C40H57N7O5. The molecule has 12 heteroatoms. The topological polar surface area (TPSA) is 187 Å². The molecule has 0 radical (unpaired) electrons. The number of carbonyl (C=O) groups is 3. The van der Waals surface area contributed by atoms with Crippen LogP contribution in [0.15, 0.2) is 67.3 Å². The summed E-state index contributed by atoms with van der Waals surface area (Å²) in [6.07, 6.45) is 11.3. The van der Waals surface area contributed by atoms with Crippen LogP contribution in [0.1, 0.15) is 81.2 Å². The predicted molar refractivity (Wildman–Crippen MR) is 199 cm³/mol. The smallest absolute Gasteiger partial charge is 0.243 e. The SMILES string of the molecule is NCC1CCN(C(=O)C[C@@H](Cc2ccccc2)C(=O)N[C@@H](Cc2cnc[nH]2)C(=O)N[C@@H](CC2CCCCC2)[C@@H](O)[C@@H](O)CCc2ccccn2)CC1. The normalized spacial score (nSPS) is 18.6. The minimum absolute atomic E-state index is 0.0118. The van der Waals surface area contributed by atoms with E-state index in [0.29, 0.717) is 56.4 Å². The molecule has 3 heterocycles. The lowest BCUT2D eigenvalue weighted by Crippen LogP contribution is -2.56. The number of benzene rings is 1. The van der Waals surface area contributed by atoms with Crippen LogP contribution < -0.4 is 16.4 Å². The molecule has 2 aromatic heterocycles. The van der Waals surface area contributed by atoms with E-state index in [1.165, 1.54) is 12.7 Å². The second-order valence-electron chi connectivity index (χ2n) is 14.8. The fourth-order valence-corrected chi connectivity index (χ4v) is 7.66. The van der Waals surface area contributed by atoms with E-state index >= 15 is 0 Å². The van der Waals surface area contributed by atoms with Crippen LogP contribution in [0, 0.1) is 17.8 Å². The minimum atomic E-state index is -1.22. The fraction of sp³-hybridized carbons (Fsp3) is 0.575. The number of aliphatic hydroxyl groups is 2. The van der Waals surface area contributed by atoms with Crippen LogP contribution in [0.5, 0.6) is 0 Å². The molecular weight excluding hydrogens is 658 g/mol. The van der Waals surface area contributed by atoms with Crippen molar-refractivity contribution >= 4 is 17.7 Å². The Kier molecular flexibility index (Phi) is 15.2. The average molecular weight is 716 g/mol. The number of H-pyrrole nitrogens is 1. The molecule has 3 aromatic rings. The van der Waals surface area contributed by atoms with Gasteiger partial charge in [-0.1, -0.05) is 68.5 Å². The lowest BCUT2D eigenvalue weighted by molar-refractivity contribution is -0.138. The Morgan fingerprint density at radius 1 is 0.904 bits per heavy atom. The minimum Gasteiger partial charge on any atom is -0.390 e. The van der Waals surface area contributed by atoms with Crippen molar-refractivity contribution in [2.45, 2.75) is 108 Å². The number of rotatable bonds is 18. The van der Waals surface area contributed by atoms with Gasteiger partial charge in [0.05, 0.1) is 24.4 Å². The Morgan fingerprint density at radius 3 is 2.33 bits per heavy atom. The maximum absolute atomic E-state index is 14.2. The fourth-order valence-electron chi connectivity index (χ4n) is 7.66. The van der Waals surface area contributed by atoms with Crippen molar-refractivity contribution in [3.63, 3.8) is 0 Å². The van der Waals surface area contributed by atoms with Gasteiger partial charge in [-0.2, -0.15) is 0 Å². The van der Waals surface area contributed by atoms with Crippen molar-refractivity contribution in [2.24, 2.45) is 23.5 Å². The maximum Gasteiger partial charge on any atom is 0.243 e. The molecule has 1 aliphatic carbocycles. The van der Waals surface area contributed by atoms with Crippen molar-refractivity contribution in [2.75, 3.05) is 19.6 Å². The highest BCUT2D eigenvalue weighted by molar-refractivity contribution is 5.91. The van der Waals surface area contributed by atoms with Gasteiger partial charge in [-0.15, -0.1) is 0 Å². The van der Waals surface area contributed by atoms with Crippen LogP contribution in [0.2, 0.25) is 0 Å². The largest absolute Gasteiger partial charge is 0.390 e. The van der Waals surface area contributed by atoms with Gasteiger partial charge in [-0.3, -0.25) is 19.4 Å². The van der Waals surface area contributed by atoms with Gasteiger partial charge in [-0.25, -0.2) is 4.98 Å². The number of piperidine rings is 1. The molecule has 1 saturated heterocycles. The van der Waals surface area contributed by atoms with E-state index in [-0.39, 0.29) is 25.2 Å². The van der Waals surface area contributed by atoms with Gasteiger partial charge in [0.25, 0.3) is 0 Å². The Morgan fingerprint density at radius 2 is 1.65 bits per heavy atom. The number of nitrogens with one attached hydrogen (secondary N) is 3. The van der Waals surface area contributed by atoms with Gasteiger partial charge in [0, 0.05) is 49.7 Å². The van der Waals surface area contributed by atoms with Crippen molar-refractivity contribution < 1.29 is 24.6 Å². The number of hydrogen-bond donors (Lipinski definition) is 6. The molecule has 0 bridgehead atoms. The number of aromatic amines is 1. The number of carbonyl (C=O) groups excluding carboxylic acids is 3. The van der Waals surface area contributed by atoms with Gasteiger partial charge in [0.2, 0.25) is 17.7 Å². The Hall–Kier alpha value is -4.13. The Bertz CT molecular complexity index is 1490. The first-order valence-electron chi connectivity index (χ1n) is 19.1. The maximum atomic E-state index is 14.2. The molecule has 3 amide bonds. The lowest BCUT2D eigenvalue weighted by Gasteiger charge is -2.34. The summed E-state index contributed by atoms with van der Waals surface area (Å²) in [5, 5.41) is 28.7. The number of aliphatic hydroxyl groups excluding tert-OH is 2. The monoisotopic (exact) mass is 715 g/mol. The summed E-state index contributed by atoms with van der Waals surface area (Å²) in [5.74, 6) is -0.959. The number of likely N-dealkylation sites (tertiary alicyclic amines) is 1. The number of pyridine rings is 1. The third kappa shape index (κ3) is 12.0. The first kappa shape index (κ1) is 39.1. The number of aromatic nitrogens is 3. The lowest BCUT2D eigenvalue weighted by atomic mass is 9.82. The van der Waals surface area contributed by atoms with Crippen LogP contribution in [-0.2, 0) is 33.6 Å². The second kappa shape index (κ2) is 20.2. The van der Waals surface area contributed by atoms with E-state index in [1.54, 1.807) is 12.4 Å². The molecule has 0 spiro atoms. The first-order valence-corrected chi connectivity index (χ1v) is 19.1. The number of nitrogens with zero attached hydrogens (tertiary/aromatic N) is 3. The number of imidazole rings is 1. The molecule has 0 unspecified atom stereocenters. The molecule has 5 atom stereocenters. The van der Waals surface area contributed by atoms with Crippen molar-refractivity contribution in [1.29, 1.82) is 0 Å². The molecule has 2 aliphatic rings. The molecule has 1 aromatic carbocycles. The quantitative estimate of drug-likeness (QED) is 0.116. The van der Waals surface area contributed by atoms with E-state index in [9.17, 15) is 24.6 Å². The van der Waals surface area contributed by atoms with Gasteiger partial charge in [-0.05, 0) is 74.6 Å². The van der Waals surface area contributed by atoms with E-state index in [2.05, 4.69) is 25.6 Å². The van der Waals surface area contributed by atoms with Gasteiger partial charge in [0.1, 0.15) is 12.1 Å². The van der Waals surface area contributed by atoms with Gasteiger partial charge in [0.15, 0.2) is 0 Å². The van der Waals surface area contributed by atoms with Crippen molar-refractivity contribution in [3.8, 4) is 0 Å². The standard InChI is InChI=1S/C40H57N7O5/c41-25-30-16-19-47(20-17-30)37(49)23-31(21-28-9-3-1-4-10-28)39(51)46-35(24-33-26-42-27-44-33)40(52)45-34(22-29-11-5-2-6-12-29)38(50)36(48)15-14-32-13-7-8-18-43-32/h1,3-4,7-10,13,18,26-27,29-31,34-36,38,48,50H,2,5-6,11-12,14-17,19-25,41H2,(H,42,44)(H,45,52)(H,46,51)/t31-,34+,35+,36+,38-/m1/s1. The van der Waals surface area contributed by atoms with E-state index in [4.69, 9.17) is 5.73 Å². The molecule has 12 nitrogen and oxygen atoms in total. The zero-order valence-corrected chi connectivity index (χ0v) is 30.2. The van der Waals surface area contributed by atoms with E-state index < -0.39 is 42.0 Å². The van der Waals surface area contributed by atoms with Crippen molar-refractivity contribution in [1.82, 2.24) is 30.5 Å². The molecule has 7 N–H and O–H groups in total. The van der Waals surface area contributed by atoms with Crippen LogP contribution in [-0.4, -0.2) is 91.7 Å². The number of amides is 3. The summed E-state index contributed by atoms with van der Waals surface area (Å²) < 4.78 is 0. The predicted octanol–water partition coefficient (Wildman–Crippen LogP) is 3.09. The Balaban J connectivity index is 1.32. The zero-order chi connectivity index (χ0) is 36.7. The van der Waals surface area contributed by atoms with Crippen molar-refractivity contribution in [3.05, 3.63) is 84.2 Å². The highest BCUT2D eigenvalue weighted by atomic mass is 16.3. The molecule has 1 saturated carbocycles. The van der Waals surface area contributed by atoms with E-state index in [0.717, 1.165) is 49.8 Å². The summed E-state index contributed by atoms with van der Waals surface area (Å²) in [6.45, 7) is 1.83. The second-order valence-corrected chi connectivity index (χ2v) is 14.8. The molecule has 5 rings (SSSR count). The highest BCUT2D eigenvalue weighted by Gasteiger charge is 2.35. The van der Waals surface area contributed by atoms with Gasteiger partial charge < -0.3 is 36.5 Å². The van der Waals surface area contributed by atoms with Crippen LogP contribution >= 0.6 is 0 Å². The molecule has 52 heavy (non-hydrogen) atoms. The molecule has 1 aliphatic heterocycles. The number of hydrogen-bond acceptors (Lipinski definition) is 8. The van der Waals surface area contributed by atoms with Crippen LogP contribution in [0.3, 0.4) is 0 Å². The molecule has 282 valence electrons. The summed E-state index contributed by atoms with van der Waals surface area (Å²) in [5.41, 5.74) is 8.25. The zero-order valence-electron chi connectivity index (χ0n) is 30.2. The summed E-state index contributed by atoms with van der Waals surface area (Å²) in [7, 11) is 0. The first-order chi connectivity index (χ1) is 25.3.